The first kappa shape index (κ1) is 16.8. The molecule has 0 saturated carbocycles. The zero-order chi connectivity index (χ0) is 18.5. The van der Waals surface area contributed by atoms with Gasteiger partial charge in [-0.2, -0.15) is 0 Å². The van der Waals surface area contributed by atoms with Gasteiger partial charge in [0.25, 0.3) is 5.91 Å². The number of aromatic nitrogens is 3. The van der Waals surface area contributed by atoms with Gasteiger partial charge in [0, 0.05) is 35.4 Å². The molecular weight excluding hydrogens is 338 g/mol. The van der Waals surface area contributed by atoms with Gasteiger partial charge < -0.3 is 15.6 Å². The van der Waals surface area contributed by atoms with Gasteiger partial charge in [0.15, 0.2) is 0 Å². The van der Waals surface area contributed by atoms with Gasteiger partial charge in [-0.3, -0.25) is 4.79 Å². The number of fused-ring (bicyclic) bond motifs is 1. The number of hydrogen-bond acceptors (Lipinski definition) is 4. The molecule has 6 heteroatoms. The first-order chi connectivity index (χ1) is 13.3. The number of hydrogen-bond donors (Lipinski definition) is 3. The number of rotatable bonds is 6. The predicted octanol–water partition coefficient (Wildman–Crippen LogP) is 3.67. The number of H-pyrrole nitrogens is 1. The SMILES string of the molecule is O=C(NCCc1c[nH]c2ccccc12)c1cc(Nc2ccccc2)ncn1. The van der Waals surface area contributed by atoms with Gasteiger partial charge in [-0.25, -0.2) is 9.97 Å². The highest BCUT2D eigenvalue weighted by molar-refractivity contribution is 5.93. The third-order valence-corrected chi connectivity index (χ3v) is 4.30. The van der Waals surface area contributed by atoms with Crippen molar-refractivity contribution in [1.82, 2.24) is 20.3 Å². The van der Waals surface area contributed by atoms with Crippen molar-refractivity contribution in [3.63, 3.8) is 0 Å². The molecule has 0 saturated heterocycles. The van der Waals surface area contributed by atoms with E-state index in [0.717, 1.165) is 17.6 Å². The number of nitrogens with zero attached hydrogens (tertiary/aromatic N) is 2. The quantitative estimate of drug-likeness (QED) is 0.492. The number of anilines is 2. The number of aromatic amines is 1. The number of nitrogens with one attached hydrogen (secondary N) is 3. The lowest BCUT2D eigenvalue weighted by Gasteiger charge is -2.07. The normalized spacial score (nSPS) is 10.7. The first-order valence-corrected chi connectivity index (χ1v) is 8.77. The van der Waals surface area contributed by atoms with Gasteiger partial charge in [0.1, 0.15) is 17.8 Å². The van der Waals surface area contributed by atoms with Gasteiger partial charge in [-0.1, -0.05) is 36.4 Å². The molecule has 27 heavy (non-hydrogen) atoms. The van der Waals surface area contributed by atoms with Crippen LogP contribution >= 0.6 is 0 Å². The molecule has 4 rings (SSSR count). The van der Waals surface area contributed by atoms with Crippen LogP contribution in [0.1, 0.15) is 16.1 Å². The highest BCUT2D eigenvalue weighted by Crippen LogP contribution is 2.18. The average molecular weight is 357 g/mol. The van der Waals surface area contributed by atoms with Crippen LogP contribution in [0.2, 0.25) is 0 Å². The van der Waals surface area contributed by atoms with Crippen LogP contribution in [0.4, 0.5) is 11.5 Å². The van der Waals surface area contributed by atoms with Crippen LogP contribution in [-0.4, -0.2) is 27.4 Å². The molecular formula is C21H19N5O. The first-order valence-electron chi connectivity index (χ1n) is 8.77. The molecule has 0 spiro atoms. The van der Waals surface area contributed by atoms with Crippen molar-refractivity contribution in [2.45, 2.75) is 6.42 Å². The monoisotopic (exact) mass is 357 g/mol. The minimum absolute atomic E-state index is 0.214. The minimum Gasteiger partial charge on any atom is -0.361 e. The Bertz CT molecular complexity index is 1060. The molecule has 0 aliphatic heterocycles. The van der Waals surface area contributed by atoms with E-state index >= 15 is 0 Å². The van der Waals surface area contributed by atoms with Crippen molar-refractivity contribution < 1.29 is 4.79 Å². The lowest BCUT2D eigenvalue weighted by atomic mass is 10.1. The van der Waals surface area contributed by atoms with Crippen LogP contribution in [0.15, 0.2) is 73.2 Å². The molecule has 0 fully saturated rings. The maximum Gasteiger partial charge on any atom is 0.270 e. The summed E-state index contributed by atoms with van der Waals surface area (Å²) in [6, 6.07) is 19.5. The van der Waals surface area contributed by atoms with E-state index in [1.54, 1.807) is 6.07 Å². The molecule has 2 aromatic heterocycles. The van der Waals surface area contributed by atoms with Crippen LogP contribution in [0.3, 0.4) is 0 Å². The molecule has 3 N–H and O–H groups in total. The van der Waals surface area contributed by atoms with E-state index in [1.165, 1.54) is 17.3 Å². The van der Waals surface area contributed by atoms with E-state index in [9.17, 15) is 4.79 Å². The summed E-state index contributed by atoms with van der Waals surface area (Å²) < 4.78 is 0. The van der Waals surface area contributed by atoms with Crippen LogP contribution in [0.5, 0.6) is 0 Å². The Morgan fingerprint density at radius 3 is 2.70 bits per heavy atom. The van der Waals surface area contributed by atoms with Crippen LogP contribution < -0.4 is 10.6 Å². The van der Waals surface area contributed by atoms with Crippen molar-refractivity contribution >= 4 is 28.3 Å². The molecule has 2 heterocycles. The van der Waals surface area contributed by atoms with Crippen molar-refractivity contribution in [2.24, 2.45) is 0 Å². The topological polar surface area (TPSA) is 82.7 Å². The maximum atomic E-state index is 12.4. The second-order valence-corrected chi connectivity index (χ2v) is 6.14. The summed E-state index contributed by atoms with van der Waals surface area (Å²) in [6.07, 6.45) is 4.12. The molecule has 0 aliphatic carbocycles. The lowest BCUT2D eigenvalue weighted by molar-refractivity contribution is 0.0949. The lowest BCUT2D eigenvalue weighted by Crippen LogP contribution is -2.26. The fourth-order valence-electron chi connectivity index (χ4n) is 2.96. The fourth-order valence-corrected chi connectivity index (χ4v) is 2.96. The Labute approximate surface area is 156 Å². The summed E-state index contributed by atoms with van der Waals surface area (Å²) in [7, 11) is 0. The third kappa shape index (κ3) is 3.95. The van der Waals surface area contributed by atoms with Gasteiger partial charge in [0.2, 0.25) is 0 Å². The zero-order valence-corrected chi connectivity index (χ0v) is 14.6. The van der Waals surface area contributed by atoms with Crippen LogP contribution in [0.25, 0.3) is 10.9 Å². The Balaban J connectivity index is 1.37. The van der Waals surface area contributed by atoms with E-state index in [4.69, 9.17) is 0 Å². The third-order valence-electron chi connectivity index (χ3n) is 4.30. The number of para-hydroxylation sites is 2. The summed E-state index contributed by atoms with van der Waals surface area (Å²) in [5.74, 6) is 0.367. The highest BCUT2D eigenvalue weighted by Gasteiger charge is 2.09. The molecule has 6 nitrogen and oxygen atoms in total. The van der Waals surface area contributed by atoms with Crippen molar-refractivity contribution in [2.75, 3.05) is 11.9 Å². The van der Waals surface area contributed by atoms with Crippen LogP contribution in [0, 0.1) is 0 Å². The zero-order valence-electron chi connectivity index (χ0n) is 14.6. The number of benzene rings is 2. The molecule has 2 aromatic carbocycles. The number of carbonyl (C=O) groups excluding carboxylic acids is 1. The average Bonchev–Trinajstić information content (AvgIpc) is 3.12. The summed E-state index contributed by atoms with van der Waals surface area (Å²) in [6.45, 7) is 0.534. The van der Waals surface area contributed by atoms with Crippen molar-refractivity contribution in [3.8, 4) is 0 Å². The summed E-state index contributed by atoms with van der Waals surface area (Å²) in [5.41, 5.74) is 3.52. The highest BCUT2D eigenvalue weighted by atomic mass is 16.1. The minimum atomic E-state index is -0.214. The van der Waals surface area contributed by atoms with Gasteiger partial charge in [-0.15, -0.1) is 0 Å². The molecule has 0 aliphatic rings. The predicted molar refractivity (Wildman–Crippen MR) is 106 cm³/mol. The van der Waals surface area contributed by atoms with Gasteiger partial charge in [0.05, 0.1) is 0 Å². The Kier molecular flexibility index (Phi) is 4.78. The Morgan fingerprint density at radius 2 is 1.81 bits per heavy atom. The van der Waals surface area contributed by atoms with Crippen molar-refractivity contribution in [3.05, 3.63) is 84.4 Å². The summed E-state index contributed by atoms with van der Waals surface area (Å²) in [5, 5.41) is 7.27. The molecule has 1 amide bonds. The molecule has 0 unspecified atom stereocenters. The smallest absolute Gasteiger partial charge is 0.270 e. The van der Waals surface area contributed by atoms with Crippen LogP contribution in [-0.2, 0) is 6.42 Å². The van der Waals surface area contributed by atoms with E-state index in [1.807, 2.05) is 54.7 Å². The van der Waals surface area contributed by atoms with E-state index < -0.39 is 0 Å². The number of carbonyl (C=O) groups is 1. The molecule has 0 radical (unpaired) electrons. The summed E-state index contributed by atoms with van der Waals surface area (Å²) in [4.78, 5) is 23.9. The summed E-state index contributed by atoms with van der Waals surface area (Å²) >= 11 is 0. The molecule has 0 bridgehead atoms. The Hall–Kier alpha value is -3.67. The largest absolute Gasteiger partial charge is 0.361 e. The van der Waals surface area contributed by atoms with E-state index in [2.05, 4.69) is 31.7 Å². The van der Waals surface area contributed by atoms with Gasteiger partial charge in [-0.05, 0) is 30.2 Å². The standard InChI is InChI=1S/C21H19N5O/c27-21(22-11-10-15-13-23-18-9-5-4-8-17(15)18)19-12-20(25-14-24-19)26-16-6-2-1-3-7-16/h1-9,12-14,23H,10-11H2,(H,22,27)(H,24,25,26). The van der Waals surface area contributed by atoms with E-state index in [0.29, 0.717) is 18.1 Å². The second-order valence-electron chi connectivity index (χ2n) is 6.14. The molecule has 4 aromatic rings. The molecule has 134 valence electrons. The second kappa shape index (κ2) is 7.70. The Morgan fingerprint density at radius 1 is 1.00 bits per heavy atom. The fraction of sp³-hybridized carbons (Fsp3) is 0.0952. The van der Waals surface area contributed by atoms with Crippen molar-refractivity contribution in [1.29, 1.82) is 0 Å². The van der Waals surface area contributed by atoms with E-state index in [-0.39, 0.29) is 5.91 Å². The number of amides is 1. The maximum absolute atomic E-state index is 12.4. The van der Waals surface area contributed by atoms with Gasteiger partial charge >= 0.3 is 0 Å². The molecule has 0 atom stereocenters.